The van der Waals surface area contributed by atoms with Crippen LogP contribution in [0.4, 0.5) is 5.82 Å². The molecule has 0 saturated carbocycles. The number of anilines is 1. The van der Waals surface area contributed by atoms with E-state index in [-0.39, 0.29) is 28.1 Å². The molecular weight excluding hydrogens is 467 g/mol. The number of fused-ring (bicyclic) bond motifs is 1. The summed E-state index contributed by atoms with van der Waals surface area (Å²) in [6, 6.07) is 8.80. The summed E-state index contributed by atoms with van der Waals surface area (Å²) in [5.74, 6) is 0.693. The minimum absolute atomic E-state index is 0.0677. The van der Waals surface area contributed by atoms with Crippen LogP contribution in [0.15, 0.2) is 46.5 Å². The summed E-state index contributed by atoms with van der Waals surface area (Å²) >= 11 is 13.2. The van der Waals surface area contributed by atoms with Gasteiger partial charge in [-0.2, -0.15) is 0 Å². The monoisotopic (exact) mass is 492 g/mol. The highest BCUT2D eigenvalue weighted by molar-refractivity contribution is 7.99. The number of pyridine rings is 1. The van der Waals surface area contributed by atoms with Crippen LogP contribution in [0, 0.1) is 5.92 Å². The van der Waals surface area contributed by atoms with Crippen LogP contribution < -0.4 is 10.9 Å². The zero-order valence-electron chi connectivity index (χ0n) is 18.1. The molecule has 1 N–H and O–H groups in total. The van der Waals surface area contributed by atoms with Crippen LogP contribution in [0.1, 0.15) is 39.5 Å². The van der Waals surface area contributed by atoms with Crippen molar-refractivity contribution in [2.24, 2.45) is 5.92 Å². The highest BCUT2D eigenvalue weighted by Gasteiger charge is 2.14. The first kappa shape index (κ1) is 24.6. The van der Waals surface area contributed by atoms with Crippen molar-refractivity contribution in [3.63, 3.8) is 0 Å². The lowest BCUT2D eigenvalue weighted by Crippen LogP contribution is -2.24. The topological polar surface area (TPSA) is 76.9 Å². The lowest BCUT2D eigenvalue weighted by Gasteiger charge is -2.14. The molecule has 1 atom stereocenters. The molecule has 0 unspecified atom stereocenters. The molecule has 32 heavy (non-hydrogen) atoms. The van der Waals surface area contributed by atoms with Crippen molar-refractivity contribution in [2.45, 2.75) is 51.2 Å². The Hall–Kier alpha value is -2.09. The number of thioether (sulfide) groups is 1. The molecule has 0 fully saturated rings. The van der Waals surface area contributed by atoms with Crippen molar-refractivity contribution in [3.05, 3.63) is 56.9 Å². The molecule has 170 valence electrons. The number of rotatable bonds is 10. The Balaban J connectivity index is 1.74. The van der Waals surface area contributed by atoms with E-state index in [2.05, 4.69) is 29.1 Å². The third-order valence-corrected chi connectivity index (χ3v) is 6.72. The van der Waals surface area contributed by atoms with Gasteiger partial charge in [-0.25, -0.2) is 9.97 Å². The van der Waals surface area contributed by atoms with Gasteiger partial charge in [0.05, 0.1) is 26.7 Å². The molecule has 0 aliphatic rings. The number of nitrogens with one attached hydrogen (secondary N) is 1. The fraction of sp³-hybridized carbons (Fsp3) is 0.391. The predicted molar refractivity (Wildman–Crippen MR) is 133 cm³/mol. The average Bonchev–Trinajstić information content (AvgIpc) is 2.78. The number of unbranched alkanes of at least 4 members (excludes halogenated alkanes) is 1. The van der Waals surface area contributed by atoms with E-state index in [9.17, 15) is 9.59 Å². The Morgan fingerprint density at radius 2 is 2.03 bits per heavy atom. The summed E-state index contributed by atoms with van der Waals surface area (Å²) in [5, 5.41) is 4.44. The van der Waals surface area contributed by atoms with Crippen LogP contribution in [0.5, 0.6) is 0 Å². The van der Waals surface area contributed by atoms with Crippen LogP contribution >= 0.6 is 35.0 Å². The number of nitrogens with zero attached hydrogens (tertiary/aromatic N) is 3. The van der Waals surface area contributed by atoms with E-state index in [1.807, 2.05) is 18.2 Å². The summed E-state index contributed by atoms with van der Waals surface area (Å²) < 4.78 is 1.68. The summed E-state index contributed by atoms with van der Waals surface area (Å²) in [5.41, 5.74) is 0.545. The first-order chi connectivity index (χ1) is 15.4. The van der Waals surface area contributed by atoms with Crippen LogP contribution in [0.2, 0.25) is 10.0 Å². The van der Waals surface area contributed by atoms with Gasteiger partial charge in [-0.15, -0.1) is 0 Å². The first-order valence-electron chi connectivity index (χ1n) is 10.6. The van der Waals surface area contributed by atoms with E-state index in [0.29, 0.717) is 33.5 Å². The molecule has 1 amide bonds. The first-order valence-corrected chi connectivity index (χ1v) is 12.4. The highest BCUT2D eigenvalue weighted by atomic mass is 35.5. The second kappa shape index (κ2) is 11.7. The maximum atomic E-state index is 13.1. The van der Waals surface area contributed by atoms with E-state index in [0.717, 1.165) is 25.7 Å². The SMILES string of the molecule is CC[C@H](C)CCCCn1c(SCC(=O)Nc2ncc(Cl)cc2Cl)nc2ccccc2c1=O. The Kier molecular flexibility index (Phi) is 8.96. The highest BCUT2D eigenvalue weighted by Crippen LogP contribution is 2.24. The third kappa shape index (κ3) is 6.47. The van der Waals surface area contributed by atoms with Gasteiger partial charge in [-0.05, 0) is 30.5 Å². The van der Waals surface area contributed by atoms with Gasteiger partial charge in [0.2, 0.25) is 5.91 Å². The number of aromatic nitrogens is 3. The van der Waals surface area contributed by atoms with Gasteiger partial charge in [0, 0.05) is 12.7 Å². The second-order valence-electron chi connectivity index (χ2n) is 7.70. The zero-order chi connectivity index (χ0) is 23.1. The molecule has 0 radical (unpaired) electrons. The molecule has 0 aliphatic heterocycles. The summed E-state index contributed by atoms with van der Waals surface area (Å²) in [7, 11) is 0. The number of hydrogen-bond donors (Lipinski definition) is 1. The van der Waals surface area contributed by atoms with Crippen molar-refractivity contribution < 1.29 is 4.79 Å². The molecule has 1 aromatic carbocycles. The second-order valence-corrected chi connectivity index (χ2v) is 9.48. The Morgan fingerprint density at radius 3 is 2.78 bits per heavy atom. The molecule has 0 bridgehead atoms. The number of hydrogen-bond acceptors (Lipinski definition) is 5. The fourth-order valence-electron chi connectivity index (χ4n) is 3.23. The van der Waals surface area contributed by atoms with Crippen molar-refractivity contribution >= 4 is 57.6 Å². The lowest BCUT2D eigenvalue weighted by atomic mass is 10.0. The van der Waals surface area contributed by atoms with Crippen LogP contribution in [-0.4, -0.2) is 26.2 Å². The minimum Gasteiger partial charge on any atom is -0.309 e. The third-order valence-electron chi connectivity index (χ3n) is 5.25. The molecule has 0 spiro atoms. The normalized spacial score (nSPS) is 12.1. The van der Waals surface area contributed by atoms with E-state index >= 15 is 0 Å². The Morgan fingerprint density at radius 1 is 1.25 bits per heavy atom. The fourth-order valence-corrected chi connectivity index (χ4v) is 4.48. The maximum absolute atomic E-state index is 13.1. The molecule has 0 aliphatic carbocycles. The smallest absolute Gasteiger partial charge is 0.262 e. The number of carbonyl (C=O) groups excluding carboxylic acids is 1. The zero-order valence-corrected chi connectivity index (χ0v) is 20.4. The summed E-state index contributed by atoms with van der Waals surface area (Å²) in [6.07, 6.45) is 5.62. The van der Waals surface area contributed by atoms with Gasteiger partial charge in [0.1, 0.15) is 0 Å². The van der Waals surface area contributed by atoms with Gasteiger partial charge >= 0.3 is 0 Å². The molecular formula is C23H26Cl2N4O2S. The van der Waals surface area contributed by atoms with E-state index in [1.54, 1.807) is 10.6 Å². The van der Waals surface area contributed by atoms with Crippen molar-refractivity contribution in [1.29, 1.82) is 0 Å². The molecule has 2 aromatic heterocycles. The van der Waals surface area contributed by atoms with Crippen molar-refractivity contribution in [2.75, 3.05) is 11.1 Å². The largest absolute Gasteiger partial charge is 0.309 e. The number of halogens is 2. The van der Waals surface area contributed by atoms with Gasteiger partial charge in [-0.3, -0.25) is 14.2 Å². The molecule has 3 aromatic rings. The summed E-state index contributed by atoms with van der Waals surface area (Å²) in [6.45, 7) is 5.00. The van der Waals surface area contributed by atoms with Gasteiger partial charge in [-0.1, -0.05) is 80.2 Å². The van der Waals surface area contributed by atoms with Crippen LogP contribution in [-0.2, 0) is 11.3 Å². The lowest BCUT2D eigenvalue weighted by molar-refractivity contribution is -0.113. The number of benzene rings is 1. The predicted octanol–water partition coefficient (Wildman–Crippen LogP) is 6.05. The Labute approximate surface area is 201 Å². The minimum atomic E-state index is -0.294. The van der Waals surface area contributed by atoms with Gasteiger partial charge in [0.15, 0.2) is 11.0 Å². The van der Waals surface area contributed by atoms with Crippen molar-refractivity contribution in [1.82, 2.24) is 14.5 Å². The van der Waals surface area contributed by atoms with Gasteiger partial charge in [0.25, 0.3) is 5.56 Å². The standard InChI is InChI=1S/C23H26Cl2N4O2S/c1-3-15(2)8-6-7-11-29-22(31)17-9-4-5-10-19(17)27-23(29)32-14-20(30)28-21-18(25)12-16(24)13-26-21/h4-5,9-10,12-13,15H,3,6-8,11,14H2,1-2H3,(H,26,28,30)/t15-/m0/s1. The number of carbonyl (C=O) groups is 1. The maximum Gasteiger partial charge on any atom is 0.262 e. The molecule has 2 heterocycles. The average molecular weight is 493 g/mol. The van der Waals surface area contributed by atoms with Crippen LogP contribution in [0.25, 0.3) is 10.9 Å². The molecule has 0 saturated heterocycles. The van der Waals surface area contributed by atoms with Crippen LogP contribution in [0.3, 0.4) is 0 Å². The van der Waals surface area contributed by atoms with E-state index in [4.69, 9.17) is 23.2 Å². The number of amides is 1. The quantitative estimate of drug-likeness (QED) is 0.212. The number of para-hydroxylation sites is 1. The van der Waals surface area contributed by atoms with E-state index < -0.39 is 0 Å². The van der Waals surface area contributed by atoms with Crippen molar-refractivity contribution in [3.8, 4) is 0 Å². The molecule has 6 nitrogen and oxygen atoms in total. The Bertz CT molecular complexity index is 1150. The molecule has 9 heteroatoms. The summed E-state index contributed by atoms with van der Waals surface area (Å²) in [4.78, 5) is 34.3. The van der Waals surface area contributed by atoms with Gasteiger partial charge < -0.3 is 5.32 Å². The molecule has 3 rings (SSSR count). The van der Waals surface area contributed by atoms with E-state index in [1.165, 1.54) is 24.0 Å².